The largest absolute Gasteiger partial charge is 0.493 e. The number of hydrogen-bond donors (Lipinski definition) is 1. The van der Waals surface area contributed by atoms with E-state index in [1.54, 1.807) is 29.5 Å². The molecular weight excluding hydrogens is 416 g/mol. The Labute approximate surface area is 184 Å². The van der Waals surface area contributed by atoms with Gasteiger partial charge >= 0.3 is 0 Å². The Balaban J connectivity index is 1.49. The lowest BCUT2D eigenvalue weighted by atomic mass is 9.89. The van der Waals surface area contributed by atoms with Crippen LogP contribution in [0, 0.1) is 5.92 Å². The molecular formula is C23H26N2O5S. The predicted molar refractivity (Wildman–Crippen MR) is 120 cm³/mol. The van der Waals surface area contributed by atoms with E-state index in [0.717, 1.165) is 29.7 Å². The van der Waals surface area contributed by atoms with Crippen molar-refractivity contribution in [1.29, 1.82) is 0 Å². The molecule has 4 rings (SSSR count). The van der Waals surface area contributed by atoms with Gasteiger partial charge in [-0.05, 0) is 55.9 Å². The van der Waals surface area contributed by atoms with Gasteiger partial charge in [-0.15, -0.1) is 11.3 Å². The lowest BCUT2D eigenvalue weighted by molar-refractivity contribution is 0.0898. The monoisotopic (exact) mass is 442 g/mol. The molecule has 0 bridgehead atoms. The van der Waals surface area contributed by atoms with E-state index in [9.17, 15) is 14.7 Å². The number of aliphatic hydroxyl groups excluding tert-OH is 1. The minimum atomic E-state index is -0.913. The summed E-state index contributed by atoms with van der Waals surface area (Å²) in [4.78, 5) is 31.1. The third-order valence-corrected chi connectivity index (χ3v) is 6.85. The summed E-state index contributed by atoms with van der Waals surface area (Å²) in [6.07, 6.45) is 3.56. The third-order valence-electron chi connectivity index (χ3n) is 5.69. The van der Waals surface area contributed by atoms with Crippen molar-refractivity contribution in [1.82, 2.24) is 9.55 Å². The summed E-state index contributed by atoms with van der Waals surface area (Å²) in [5.74, 6) is 1.40. The van der Waals surface area contributed by atoms with Crippen molar-refractivity contribution in [2.45, 2.75) is 45.8 Å². The molecule has 2 atom stereocenters. The minimum Gasteiger partial charge on any atom is -0.493 e. The number of rotatable bonds is 7. The lowest BCUT2D eigenvalue weighted by Crippen LogP contribution is -2.30. The van der Waals surface area contributed by atoms with Crippen LogP contribution in [-0.2, 0) is 19.4 Å². The number of aromatic nitrogens is 2. The number of thiophene rings is 1. The van der Waals surface area contributed by atoms with Gasteiger partial charge in [0.1, 0.15) is 17.5 Å². The zero-order chi connectivity index (χ0) is 22.1. The Hall–Kier alpha value is -2.71. The lowest BCUT2D eigenvalue weighted by Gasteiger charge is -2.18. The number of benzene rings is 1. The molecule has 7 nitrogen and oxygen atoms in total. The van der Waals surface area contributed by atoms with Crippen molar-refractivity contribution in [3.63, 3.8) is 0 Å². The van der Waals surface area contributed by atoms with Gasteiger partial charge in [-0.1, -0.05) is 6.92 Å². The summed E-state index contributed by atoms with van der Waals surface area (Å²) in [6.45, 7) is 3.76. The first kappa shape index (κ1) is 21.5. The van der Waals surface area contributed by atoms with Gasteiger partial charge in [0.2, 0.25) is 0 Å². The Morgan fingerprint density at radius 1 is 1.39 bits per heavy atom. The molecule has 2 heterocycles. The quantitative estimate of drug-likeness (QED) is 0.565. The minimum absolute atomic E-state index is 0.0283. The number of ketones is 1. The predicted octanol–water partition coefficient (Wildman–Crippen LogP) is 3.23. The van der Waals surface area contributed by atoms with Gasteiger partial charge in [0.05, 0.1) is 25.4 Å². The molecule has 0 fully saturated rings. The van der Waals surface area contributed by atoms with Crippen LogP contribution < -0.4 is 15.0 Å². The van der Waals surface area contributed by atoms with Crippen molar-refractivity contribution in [2.75, 3.05) is 13.7 Å². The van der Waals surface area contributed by atoms with E-state index in [-0.39, 0.29) is 24.5 Å². The molecule has 0 unspecified atom stereocenters. The molecule has 31 heavy (non-hydrogen) atoms. The molecule has 0 saturated heterocycles. The highest BCUT2D eigenvalue weighted by Crippen LogP contribution is 2.35. The second-order valence-corrected chi connectivity index (χ2v) is 9.20. The molecule has 0 amide bonds. The van der Waals surface area contributed by atoms with Gasteiger partial charge in [0, 0.05) is 10.4 Å². The van der Waals surface area contributed by atoms with E-state index in [4.69, 9.17) is 9.47 Å². The molecule has 0 radical (unpaired) electrons. The van der Waals surface area contributed by atoms with Gasteiger partial charge < -0.3 is 14.6 Å². The van der Waals surface area contributed by atoms with Crippen LogP contribution in [0.25, 0.3) is 10.2 Å². The van der Waals surface area contributed by atoms with Crippen molar-refractivity contribution in [3.8, 4) is 11.5 Å². The Kier molecular flexibility index (Phi) is 6.11. The number of aliphatic hydroxyl groups is 1. The number of carbonyl (C=O) groups excluding carboxylic acids is 1. The van der Waals surface area contributed by atoms with Gasteiger partial charge in [-0.3, -0.25) is 14.2 Å². The van der Waals surface area contributed by atoms with Crippen LogP contribution >= 0.6 is 11.3 Å². The zero-order valence-corrected chi connectivity index (χ0v) is 18.7. The SMILES string of the molecule is COc1cc(C(C)=O)ccc1OC[C@@H](O)Cn1cnc2sc3c(c2c1=O)CC[C@@H](C)C3. The maximum absolute atomic E-state index is 13.1. The van der Waals surface area contributed by atoms with E-state index in [2.05, 4.69) is 11.9 Å². The average Bonchev–Trinajstić information content (AvgIpc) is 3.12. The van der Waals surface area contributed by atoms with Gasteiger partial charge in [-0.2, -0.15) is 0 Å². The Bertz CT molecular complexity index is 1180. The molecule has 1 aliphatic carbocycles. The number of Topliss-reactive ketones (excluding diaryl/α,β-unsaturated/α-hetero) is 1. The van der Waals surface area contributed by atoms with E-state index in [0.29, 0.717) is 28.4 Å². The number of aryl methyl sites for hydroxylation is 1. The molecule has 8 heteroatoms. The molecule has 2 aromatic heterocycles. The summed E-state index contributed by atoms with van der Waals surface area (Å²) in [5, 5.41) is 11.2. The van der Waals surface area contributed by atoms with E-state index >= 15 is 0 Å². The molecule has 1 N–H and O–H groups in total. The first-order valence-corrected chi connectivity index (χ1v) is 11.2. The zero-order valence-electron chi connectivity index (χ0n) is 17.9. The molecule has 1 aliphatic rings. The van der Waals surface area contributed by atoms with Crippen molar-refractivity contribution >= 4 is 27.3 Å². The Morgan fingerprint density at radius 3 is 2.94 bits per heavy atom. The molecule has 164 valence electrons. The fourth-order valence-electron chi connectivity index (χ4n) is 3.97. The summed E-state index contributed by atoms with van der Waals surface area (Å²) in [7, 11) is 1.49. The van der Waals surface area contributed by atoms with Crippen LogP contribution in [0.3, 0.4) is 0 Å². The van der Waals surface area contributed by atoms with Gasteiger partial charge in [-0.25, -0.2) is 4.98 Å². The van der Waals surface area contributed by atoms with Crippen LogP contribution in [0.1, 0.15) is 41.1 Å². The van der Waals surface area contributed by atoms with Crippen LogP contribution in [0.5, 0.6) is 11.5 Å². The highest BCUT2D eigenvalue weighted by Gasteiger charge is 2.23. The normalized spacial score (nSPS) is 16.7. The number of carbonyl (C=O) groups is 1. The topological polar surface area (TPSA) is 90.7 Å². The number of fused-ring (bicyclic) bond motifs is 3. The van der Waals surface area contributed by atoms with Crippen LogP contribution in [-0.4, -0.2) is 40.3 Å². The van der Waals surface area contributed by atoms with Crippen LogP contribution in [0.4, 0.5) is 0 Å². The number of hydrogen-bond acceptors (Lipinski definition) is 7. The molecule has 0 spiro atoms. The fourth-order valence-corrected chi connectivity index (χ4v) is 5.31. The maximum Gasteiger partial charge on any atom is 0.262 e. The summed E-state index contributed by atoms with van der Waals surface area (Å²) < 4.78 is 12.4. The van der Waals surface area contributed by atoms with E-state index in [1.165, 1.54) is 29.8 Å². The number of ether oxygens (including phenoxy) is 2. The highest BCUT2D eigenvalue weighted by molar-refractivity contribution is 7.18. The first-order chi connectivity index (χ1) is 14.9. The van der Waals surface area contributed by atoms with Crippen LogP contribution in [0.2, 0.25) is 0 Å². The second-order valence-electron chi connectivity index (χ2n) is 8.12. The number of nitrogens with zero attached hydrogens (tertiary/aromatic N) is 2. The van der Waals surface area contributed by atoms with Crippen molar-refractivity contribution in [2.24, 2.45) is 5.92 Å². The fraction of sp³-hybridized carbons (Fsp3) is 0.435. The Morgan fingerprint density at radius 2 is 2.19 bits per heavy atom. The molecule has 0 saturated carbocycles. The maximum atomic E-state index is 13.1. The molecule has 3 aromatic rings. The summed E-state index contributed by atoms with van der Waals surface area (Å²) >= 11 is 1.61. The third kappa shape index (κ3) is 4.36. The van der Waals surface area contributed by atoms with Gasteiger partial charge in [0.25, 0.3) is 5.56 Å². The smallest absolute Gasteiger partial charge is 0.262 e. The van der Waals surface area contributed by atoms with E-state index < -0.39 is 6.10 Å². The highest BCUT2D eigenvalue weighted by atomic mass is 32.1. The number of methoxy groups -OCH3 is 1. The molecule has 1 aromatic carbocycles. The van der Waals surface area contributed by atoms with Crippen molar-refractivity contribution in [3.05, 3.63) is 50.9 Å². The van der Waals surface area contributed by atoms with E-state index in [1.807, 2.05) is 0 Å². The second kappa shape index (κ2) is 8.80. The summed E-state index contributed by atoms with van der Waals surface area (Å²) in [5.41, 5.74) is 1.54. The average molecular weight is 443 g/mol. The standard InChI is InChI=1S/C23H26N2O5S/c1-13-4-6-17-20(8-13)31-22-21(17)23(28)25(12-24-22)10-16(27)11-30-18-7-5-15(14(2)26)9-19(18)29-3/h5,7,9,12-13,16,27H,4,6,8,10-11H2,1-3H3/t13-,16+/m1/s1. The van der Waals surface area contributed by atoms with Gasteiger partial charge in [0.15, 0.2) is 17.3 Å². The summed E-state index contributed by atoms with van der Waals surface area (Å²) in [6, 6.07) is 4.89. The van der Waals surface area contributed by atoms with Crippen LogP contribution in [0.15, 0.2) is 29.3 Å². The first-order valence-electron chi connectivity index (χ1n) is 10.4. The molecule has 0 aliphatic heterocycles. The van der Waals surface area contributed by atoms with Crippen molar-refractivity contribution < 1.29 is 19.4 Å².